The zero-order chi connectivity index (χ0) is 23.5. The second-order valence-corrected chi connectivity index (χ2v) is 8.22. The van der Waals surface area contributed by atoms with Gasteiger partial charge in [-0.15, -0.1) is 24.0 Å². The molecule has 1 fully saturated rings. The van der Waals surface area contributed by atoms with E-state index in [0.717, 1.165) is 61.9 Å². The number of carbonyl (C=O) groups excluding carboxylic acids is 1. The maximum absolute atomic E-state index is 12.3. The number of rotatable bonds is 11. The molecular weight excluding hydrogens is 533 g/mol. The van der Waals surface area contributed by atoms with E-state index in [1.165, 1.54) is 0 Å². The number of halogens is 1. The molecule has 188 valence electrons. The number of ether oxygens (including phenoxy) is 2. The molecule has 1 aromatic carbocycles. The van der Waals surface area contributed by atoms with E-state index in [0.29, 0.717) is 13.2 Å². The lowest BCUT2D eigenvalue weighted by molar-refractivity contribution is -0.133. The lowest BCUT2D eigenvalue weighted by Crippen LogP contribution is -2.44. The van der Waals surface area contributed by atoms with Crippen molar-refractivity contribution in [3.63, 3.8) is 0 Å². The van der Waals surface area contributed by atoms with Crippen molar-refractivity contribution in [3.05, 3.63) is 23.8 Å². The molecule has 33 heavy (non-hydrogen) atoms. The Balaban J connectivity index is 0.00000544. The number of guanidine groups is 1. The van der Waals surface area contributed by atoms with Crippen LogP contribution in [0.2, 0.25) is 0 Å². The Labute approximate surface area is 216 Å². The molecule has 9 heteroatoms. The first-order chi connectivity index (χ1) is 15.4. The molecule has 0 bridgehead atoms. The number of benzene rings is 1. The molecule has 0 aromatic heterocycles. The average molecular weight is 576 g/mol. The highest BCUT2D eigenvalue weighted by Crippen LogP contribution is 2.30. The molecule has 2 N–H and O–H groups in total. The molecule has 1 aliphatic heterocycles. The quantitative estimate of drug-likeness (QED) is 0.183. The predicted molar refractivity (Wildman–Crippen MR) is 145 cm³/mol. The number of nitrogens with one attached hydrogen (secondary N) is 2. The van der Waals surface area contributed by atoms with E-state index in [-0.39, 0.29) is 42.0 Å². The van der Waals surface area contributed by atoms with Crippen LogP contribution in [0.25, 0.3) is 0 Å². The predicted octanol–water partition coefficient (Wildman–Crippen LogP) is 3.27. The number of hydrogen-bond donors (Lipinski definition) is 2. The minimum atomic E-state index is 0. The van der Waals surface area contributed by atoms with E-state index < -0.39 is 0 Å². The SMILES string of the molecule is CCOc1ccc(C(C)NC(=NC)NCCCN2CCCC2C(=O)N(C)C)cc1OCC.I. The number of nitrogens with zero attached hydrogens (tertiary/aromatic N) is 3. The number of amides is 1. The summed E-state index contributed by atoms with van der Waals surface area (Å²) in [7, 11) is 5.44. The summed E-state index contributed by atoms with van der Waals surface area (Å²) >= 11 is 0. The third kappa shape index (κ3) is 8.84. The number of aliphatic imine (C=N–C) groups is 1. The van der Waals surface area contributed by atoms with E-state index in [1.54, 1.807) is 11.9 Å². The Morgan fingerprint density at radius 2 is 1.94 bits per heavy atom. The number of likely N-dealkylation sites (N-methyl/N-ethyl adjacent to an activating group) is 1. The third-order valence-electron chi connectivity index (χ3n) is 5.65. The fourth-order valence-electron chi connectivity index (χ4n) is 3.98. The Hall–Kier alpha value is -1.75. The number of likely N-dealkylation sites (tertiary alicyclic amines) is 1. The van der Waals surface area contributed by atoms with Gasteiger partial charge in [-0.05, 0) is 64.3 Å². The van der Waals surface area contributed by atoms with Gasteiger partial charge in [0.1, 0.15) is 0 Å². The van der Waals surface area contributed by atoms with Crippen molar-refractivity contribution in [1.82, 2.24) is 20.4 Å². The van der Waals surface area contributed by atoms with Gasteiger partial charge in [0, 0.05) is 34.2 Å². The first-order valence-corrected chi connectivity index (χ1v) is 11.7. The molecular formula is C24H42IN5O3. The monoisotopic (exact) mass is 575 g/mol. The van der Waals surface area contributed by atoms with Crippen LogP contribution in [0.3, 0.4) is 0 Å². The minimum absolute atomic E-state index is 0. The van der Waals surface area contributed by atoms with Crippen molar-refractivity contribution >= 4 is 35.8 Å². The van der Waals surface area contributed by atoms with Gasteiger partial charge in [-0.2, -0.15) is 0 Å². The van der Waals surface area contributed by atoms with Crippen molar-refractivity contribution in [3.8, 4) is 11.5 Å². The zero-order valence-electron chi connectivity index (χ0n) is 21.0. The second kappa shape index (κ2) is 15.2. The molecule has 0 spiro atoms. The Kier molecular flexibility index (Phi) is 13.5. The van der Waals surface area contributed by atoms with Crippen molar-refractivity contribution < 1.29 is 14.3 Å². The highest BCUT2D eigenvalue weighted by molar-refractivity contribution is 14.0. The Bertz CT molecular complexity index is 760. The second-order valence-electron chi connectivity index (χ2n) is 8.22. The molecule has 2 rings (SSSR count). The molecule has 1 aliphatic rings. The van der Waals surface area contributed by atoms with E-state index in [9.17, 15) is 4.79 Å². The van der Waals surface area contributed by atoms with Gasteiger partial charge in [0.15, 0.2) is 17.5 Å². The molecule has 0 radical (unpaired) electrons. The third-order valence-corrected chi connectivity index (χ3v) is 5.65. The van der Waals surface area contributed by atoms with Gasteiger partial charge < -0.3 is 25.0 Å². The van der Waals surface area contributed by atoms with E-state index >= 15 is 0 Å². The average Bonchev–Trinajstić information content (AvgIpc) is 3.24. The minimum Gasteiger partial charge on any atom is -0.490 e. The molecule has 0 aliphatic carbocycles. The van der Waals surface area contributed by atoms with Crippen LogP contribution in [-0.4, -0.2) is 81.7 Å². The summed E-state index contributed by atoms with van der Waals surface area (Å²) in [6.45, 7) is 9.91. The molecule has 0 saturated carbocycles. The Morgan fingerprint density at radius 3 is 2.58 bits per heavy atom. The lowest BCUT2D eigenvalue weighted by Gasteiger charge is -2.26. The summed E-state index contributed by atoms with van der Waals surface area (Å²) in [5.41, 5.74) is 1.10. The van der Waals surface area contributed by atoms with Gasteiger partial charge in [-0.1, -0.05) is 6.07 Å². The van der Waals surface area contributed by atoms with Gasteiger partial charge in [-0.3, -0.25) is 14.7 Å². The highest BCUT2D eigenvalue weighted by atomic mass is 127. The zero-order valence-corrected chi connectivity index (χ0v) is 23.3. The summed E-state index contributed by atoms with van der Waals surface area (Å²) in [5, 5.41) is 6.84. The standard InChI is InChI=1S/C24H41N5O3.HI/c1-7-31-21-13-12-19(17-22(21)32-8-2)18(3)27-24(25-4)26-14-10-16-29-15-9-11-20(29)23(30)28(5)6;/h12-13,17-18,20H,7-11,14-16H2,1-6H3,(H2,25,26,27);1H. The van der Waals surface area contributed by atoms with Crippen LogP contribution < -0.4 is 20.1 Å². The summed E-state index contributed by atoms with van der Waals surface area (Å²) < 4.78 is 11.4. The van der Waals surface area contributed by atoms with Crippen molar-refractivity contribution in [2.24, 2.45) is 4.99 Å². The van der Waals surface area contributed by atoms with Crippen LogP contribution >= 0.6 is 24.0 Å². The normalized spacial score (nSPS) is 17.2. The van der Waals surface area contributed by atoms with Gasteiger partial charge in [-0.25, -0.2) is 0 Å². The maximum atomic E-state index is 12.3. The molecule has 2 unspecified atom stereocenters. The Morgan fingerprint density at radius 1 is 1.24 bits per heavy atom. The number of hydrogen-bond acceptors (Lipinski definition) is 5. The lowest BCUT2D eigenvalue weighted by atomic mass is 10.1. The topological polar surface area (TPSA) is 78.4 Å². The first-order valence-electron chi connectivity index (χ1n) is 11.7. The highest BCUT2D eigenvalue weighted by Gasteiger charge is 2.31. The fraction of sp³-hybridized carbons (Fsp3) is 0.667. The van der Waals surface area contributed by atoms with Crippen molar-refractivity contribution in [2.45, 2.75) is 52.1 Å². The maximum Gasteiger partial charge on any atom is 0.239 e. The molecule has 8 nitrogen and oxygen atoms in total. The van der Waals surface area contributed by atoms with Gasteiger partial charge in [0.05, 0.1) is 25.3 Å². The van der Waals surface area contributed by atoms with Crippen molar-refractivity contribution in [2.75, 3.05) is 54.0 Å². The molecule has 2 atom stereocenters. The fourth-order valence-corrected chi connectivity index (χ4v) is 3.98. The molecule has 1 amide bonds. The van der Waals surface area contributed by atoms with E-state index in [2.05, 4.69) is 27.4 Å². The van der Waals surface area contributed by atoms with Crippen LogP contribution in [-0.2, 0) is 4.79 Å². The summed E-state index contributed by atoms with van der Waals surface area (Å²) in [4.78, 5) is 20.7. The van der Waals surface area contributed by atoms with Gasteiger partial charge in [0.25, 0.3) is 0 Å². The van der Waals surface area contributed by atoms with Crippen LogP contribution in [0.5, 0.6) is 11.5 Å². The van der Waals surface area contributed by atoms with E-state index in [4.69, 9.17) is 9.47 Å². The number of carbonyl (C=O) groups is 1. The molecule has 1 saturated heterocycles. The van der Waals surface area contributed by atoms with Gasteiger partial charge in [0.2, 0.25) is 5.91 Å². The molecule has 1 aromatic rings. The summed E-state index contributed by atoms with van der Waals surface area (Å²) in [6, 6.07) is 6.11. The summed E-state index contributed by atoms with van der Waals surface area (Å²) in [5.74, 6) is 2.49. The summed E-state index contributed by atoms with van der Waals surface area (Å²) in [6.07, 6.45) is 2.99. The van der Waals surface area contributed by atoms with Crippen LogP contribution in [0.4, 0.5) is 0 Å². The van der Waals surface area contributed by atoms with Crippen LogP contribution in [0, 0.1) is 0 Å². The van der Waals surface area contributed by atoms with Crippen LogP contribution in [0.15, 0.2) is 23.2 Å². The largest absolute Gasteiger partial charge is 0.490 e. The van der Waals surface area contributed by atoms with Gasteiger partial charge >= 0.3 is 0 Å². The van der Waals surface area contributed by atoms with Crippen LogP contribution in [0.1, 0.15) is 51.6 Å². The van der Waals surface area contributed by atoms with Crippen molar-refractivity contribution in [1.29, 1.82) is 0 Å². The molecule has 1 heterocycles. The van der Waals surface area contributed by atoms with E-state index in [1.807, 2.05) is 46.1 Å². The first kappa shape index (κ1) is 29.3. The smallest absolute Gasteiger partial charge is 0.239 e.